The van der Waals surface area contributed by atoms with Crippen molar-refractivity contribution in [3.63, 3.8) is 0 Å². The number of hydrogen-bond acceptors (Lipinski definition) is 2. The Labute approximate surface area is 114 Å². The molecule has 1 aliphatic heterocycles. The summed E-state index contributed by atoms with van der Waals surface area (Å²) in [4.78, 5) is 13.9. The van der Waals surface area contributed by atoms with Crippen LogP contribution in [0.2, 0.25) is 0 Å². The molecule has 19 heavy (non-hydrogen) atoms. The number of ether oxygens (including phenoxy) is 1. The normalized spacial score (nSPS) is 15.2. The van der Waals surface area contributed by atoms with Crippen LogP contribution >= 0.6 is 0 Å². The number of carbonyl (C=O) groups excluding carboxylic acids is 1. The molecule has 3 nitrogen and oxygen atoms in total. The molecule has 1 heterocycles. The van der Waals surface area contributed by atoms with Gasteiger partial charge in [0, 0.05) is 19.2 Å². The largest absolute Gasteiger partial charge is 0.497 e. The zero-order chi connectivity index (χ0) is 13.8. The van der Waals surface area contributed by atoms with E-state index in [1.54, 1.807) is 13.2 Å². The van der Waals surface area contributed by atoms with Gasteiger partial charge >= 0.3 is 0 Å². The van der Waals surface area contributed by atoms with E-state index < -0.39 is 0 Å². The number of benzene rings is 1. The number of likely N-dealkylation sites (tertiary alicyclic amines) is 1. The van der Waals surface area contributed by atoms with Crippen LogP contribution in [-0.2, 0) is 4.79 Å². The third-order valence-electron chi connectivity index (χ3n) is 3.61. The van der Waals surface area contributed by atoms with E-state index in [0.717, 1.165) is 48.4 Å². The van der Waals surface area contributed by atoms with E-state index in [1.165, 1.54) is 0 Å². The van der Waals surface area contributed by atoms with Gasteiger partial charge in [0.05, 0.1) is 7.11 Å². The van der Waals surface area contributed by atoms with Crippen molar-refractivity contribution in [2.75, 3.05) is 20.2 Å². The zero-order valence-electron chi connectivity index (χ0n) is 11.9. The fraction of sp³-hybridized carbons (Fsp3) is 0.438. The Kier molecular flexibility index (Phi) is 4.25. The highest BCUT2D eigenvalue weighted by Gasteiger charge is 2.15. The van der Waals surface area contributed by atoms with Crippen LogP contribution in [0.5, 0.6) is 5.75 Å². The molecule has 1 aliphatic rings. The van der Waals surface area contributed by atoms with Gasteiger partial charge in [-0.2, -0.15) is 0 Å². The SMILES string of the molecule is COc1cc(C)c(/C=C/C(=O)N2CCCC2)c(C)c1. The maximum Gasteiger partial charge on any atom is 0.246 e. The average molecular weight is 259 g/mol. The van der Waals surface area contributed by atoms with Crippen LogP contribution in [0.25, 0.3) is 6.08 Å². The molecular formula is C16H21NO2. The Hall–Kier alpha value is -1.77. The van der Waals surface area contributed by atoms with Gasteiger partial charge in [-0.3, -0.25) is 4.79 Å². The molecule has 0 atom stereocenters. The highest BCUT2D eigenvalue weighted by molar-refractivity contribution is 5.92. The number of nitrogens with zero attached hydrogens (tertiary/aromatic N) is 1. The summed E-state index contributed by atoms with van der Waals surface area (Å²) in [5.74, 6) is 0.977. The Morgan fingerprint density at radius 1 is 1.21 bits per heavy atom. The predicted molar refractivity (Wildman–Crippen MR) is 77.3 cm³/mol. The molecular weight excluding hydrogens is 238 g/mol. The fourth-order valence-corrected chi connectivity index (χ4v) is 2.51. The first-order chi connectivity index (χ1) is 9.11. The summed E-state index contributed by atoms with van der Waals surface area (Å²) < 4.78 is 5.24. The van der Waals surface area contributed by atoms with Gasteiger partial charge in [0.25, 0.3) is 0 Å². The van der Waals surface area contributed by atoms with E-state index in [1.807, 2.05) is 37.0 Å². The molecule has 0 aliphatic carbocycles. The van der Waals surface area contributed by atoms with E-state index in [4.69, 9.17) is 4.74 Å². The van der Waals surface area contributed by atoms with Crippen LogP contribution in [0.15, 0.2) is 18.2 Å². The minimum atomic E-state index is 0.118. The zero-order valence-corrected chi connectivity index (χ0v) is 11.9. The Morgan fingerprint density at radius 2 is 1.79 bits per heavy atom. The molecule has 0 saturated carbocycles. The van der Waals surface area contributed by atoms with Crippen LogP contribution in [0, 0.1) is 13.8 Å². The Bertz CT molecular complexity index is 476. The smallest absolute Gasteiger partial charge is 0.246 e. The van der Waals surface area contributed by atoms with Crippen molar-refractivity contribution in [1.82, 2.24) is 4.90 Å². The molecule has 1 fully saturated rings. The van der Waals surface area contributed by atoms with E-state index in [2.05, 4.69) is 0 Å². The van der Waals surface area contributed by atoms with Gasteiger partial charge in [-0.1, -0.05) is 0 Å². The monoisotopic (exact) mass is 259 g/mol. The molecule has 1 saturated heterocycles. The summed E-state index contributed by atoms with van der Waals surface area (Å²) in [6.45, 7) is 5.86. The minimum absolute atomic E-state index is 0.118. The lowest BCUT2D eigenvalue weighted by Crippen LogP contribution is -2.25. The molecule has 0 N–H and O–H groups in total. The van der Waals surface area contributed by atoms with Gasteiger partial charge < -0.3 is 9.64 Å². The van der Waals surface area contributed by atoms with E-state index in [-0.39, 0.29) is 5.91 Å². The molecule has 3 heteroatoms. The van der Waals surface area contributed by atoms with E-state index in [0.29, 0.717) is 0 Å². The van der Waals surface area contributed by atoms with Crippen LogP contribution in [0.1, 0.15) is 29.5 Å². The lowest BCUT2D eigenvalue weighted by Gasteiger charge is -2.12. The highest BCUT2D eigenvalue weighted by Crippen LogP contribution is 2.23. The van der Waals surface area contributed by atoms with Gasteiger partial charge in [0.2, 0.25) is 5.91 Å². The lowest BCUT2D eigenvalue weighted by molar-refractivity contribution is -0.124. The molecule has 102 valence electrons. The molecule has 0 bridgehead atoms. The molecule has 0 unspecified atom stereocenters. The topological polar surface area (TPSA) is 29.5 Å². The number of rotatable bonds is 3. The first-order valence-corrected chi connectivity index (χ1v) is 6.74. The number of aryl methyl sites for hydroxylation is 2. The summed E-state index contributed by atoms with van der Waals surface area (Å²) in [5.41, 5.74) is 3.36. The third-order valence-corrected chi connectivity index (χ3v) is 3.61. The van der Waals surface area contributed by atoms with Crippen LogP contribution in [-0.4, -0.2) is 31.0 Å². The Morgan fingerprint density at radius 3 is 2.32 bits per heavy atom. The van der Waals surface area contributed by atoms with Crippen LogP contribution in [0.3, 0.4) is 0 Å². The van der Waals surface area contributed by atoms with Gasteiger partial charge in [-0.25, -0.2) is 0 Å². The van der Waals surface area contributed by atoms with Crippen LogP contribution < -0.4 is 4.74 Å². The quantitative estimate of drug-likeness (QED) is 0.781. The molecule has 2 rings (SSSR count). The maximum atomic E-state index is 12.0. The lowest BCUT2D eigenvalue weighted by atomic mass is 10.0. The van der Waals surface area contributed by atoms with Crippen LogP contribution in [0.4, 0.5) is 0 Å². The second-order valence-corrected chi connectivity index (χ2v) is 5.04. The van der Waals surface area contributed by atoms with Crippen molar-refractivity contribution < 1.29 is 9.53 Å². The first kappa shape index (κ1) is 13.7. The van der Waals surface area contributed by atoms with Crippen molar-refractivity contribution in [2.24, 2.45) is 0 Å². The van der Waals surface area contributed by atoms with E-state index >= 15 is 0 Å². The number of methoxy groups -OCH3 is 1. The third kappa shape index (κ3) is 3.16. The van der Waals surface area contributed by atoms with Gasteiger partial charge in [-0.15, -0.1) is 0 Å². The molecule has 1 amide bonds. The van der Waals surface area contributed by atoms with Crippen molar-refractivity contribution in [3.8, 4) is 5.75 Å². The average Bonchev–Trinajstić information content (AvgIpc) is 2.91. The Balaban J connectivity index is 2.16. The summed E-state index contributed by atoms with van der Waals surface area (Å²) >= 11 is 0. The molecule has 0 radical (unpaired) electrons. The molecule has 1 aromatic rings. The summed E-state index contributed by atoms with van der Waals surface area (Å²) in [6.07, 6.45) is 5.86. The summed E-state index contributed by atoms with van der Waals surface area (Å²) in [7, 11) is 1.67. The second kappa shape index (κ2) is 5.91. The molecule has 0 aromatic heterocycles. The molecule has 0 spiro atoms. The summed E-state index contributed by atoms with van der Waals surface area (Å²) in [5, 5.41) is 0. The van der Waals surface area contributed by atoms with Gasteiger partial charge in [0.1, 0.15) is 5.75 Å². The summed E-state index contributed by atoms with van der Waals surface area (Å²) in [6, 6.07) is 3.99. The predicted octanol–water partition coefficient (Wildman–Crippen LogP) is 2.95. The van der Waals surface area contributed by atoms with Crippen molar-refractivity contribution in [1.29, 1.82) is 0 Å². The molecule has 1 aromatic carbocycles. The van der Waals surface area contributed by atoms with Crippen molar-refractivity contribution in [2.45, 2.75) is 26.7 Å². The first-order valence-electron chi connectivity index (χ1n) is 6.74. The maximum absolute atomic E-state index is 12.0. The number of amides is 1. The minimum Gasteiger partial charge on any atom is -0.497 e. The fourth-order valence-electron chi connectivity index (χ4n) is 2.51. The van der Waals surface area contributed by atoms with Crippen molar-refractivity contribution >= 4 is 12.0 Å². The second-order valence-electron chi connectivity index (χ2n) is 5.04. The standard InChI is InChI=1S/C16H21NO2/c1-12-10-14(19-3)11-13(2)15(12)6-7-16(18)17-8-4-5-9-17/h6-7,10-11H,4-5,8-9H2,1-3H3/b7-6+. The van der Waals surface area contributed by atoms with Crippen molar-refractivity contribution in [3.05, 3.63) is 34.9 Å². The highest BCUT2D eigenvalue weighted by atomic mass is 16.5. The number of hydrogen-bond donors (Lipinski definition) is 0. The van der Waals surface area contributed by atoms with Gasteiger partial charge in [-0.05, 0) is 61.6 Å². The van der Waals surface area contributed by atoms with E-state index in [9.17, 15) is 4.79 Å². The number of carbonyl (C=O) groups is 1. The van der Waals surface area contributed by atoms with Gasteiger partial charge in [0.15, 0.2) is 0 Å².